The van der Waals surface area contributed by atoms with E-state index in [2.05, 4.69) is 22.5 Å². The Morgan fingerprint density at radius 3 is 2.52 bits per heavy atom. The minimum atomic E-state index is -0.288. The van der Waals surface area contributed by atoms with Crippen molar-refractivity contribution in [2.24, 2.45) is 0 Å². The van der Waals surface area contributed by atoms with Gasteiger partial charge in [-0.1, -0.05) is 77.8 Å². The molecule has 0 spiro atoms. The van der Waals surface area contributed by atoms with E-state index in [4.69, 9.17) is 32.8 Å². The van der Waals surface area contributed by atoms with Crippen molar-refractivity contribution in [1.29, 1.82) is 0 Å². The average Bonchev–Trinajstić information content (AvgIpc) is 3.43. The van der Waals surface area contributed by atoms with E-state index in [1.165, 1.54) is 0 Å². The minimum Gasteiger partial charge on any atom is -0.489 e. The van der Waals surface area contributed by atoms with Crippen molar-refractivity contribution in [2.75, 3.05) is 26.3 Å². The van der Waals surface area contributed by atoms with E-state index in [9.17, 15) is 9.18 Å². The molecule has 1 amide bonds. The summed E-state index contributed by atoms with van der Waals surface area (Å²) in [7, 11) is 0. The van der Waals surface area contributed by atoms with Crippen molar-refractivity contribution in [3.05, 3.63) is 134 Å². The van der Waals surface area contributed by atoms with Crippen LogP contribution in [0.15, 0.2) is 91.0 Å². The van der Waals surface area contributed by atoms with E-state index < -0.39 is 0 Å². The lowest BCUT2D eigenvalue weighted by molar-refractivity contribution is 0.0233. The summed E-state index contributed by atoms with van der Waals surface area (Å²) in [6, 6.07) is 29.4. The molecule has 0 saturated carbocycles. The zero-order valence-electron chi connectivity index (χ0n) is 25.6. The van der Waals surface area contributed by atoms with Crippen LogP contribution >= 0.6 is 23.2 Å². The molecule has 5 nitrogen and oxygen atoms in total. The van der Waals surface area contributed by atoms with E-state index in [1.807, 2.05) is 72.8 Å². The monoisotopic (exact) mass is 658 g/mol. The fraction of sp³-hybridized carbons (Fsp3) is 0.289. The standard InChI is InChI=1S/C38H37Cl2FN2O3/c39-30-13-17-34(36(40)23-30)35-9-4-8-28-22-29(38(44)42-45-25-26-6-2-1-3-7-26)12-16-33(28)37(35)27-10-14-31(15-11-27)46-32-18-21-43(24-32)20-5-19-41/h1-3,6-7,10-17,22-23,32H,4-5,8-9,18-21,24-25H2,(H,42,44). The maximum atomic E-state index is 13.1. The van der Waals surface area contributed by atoms with Crippen LogP contribution in [-0.2, 0) is 17.9 Å². The van der Waals surface area contributed by atoms with Crippen LogP contribution < -0.4 is 10.2 Å². The zero-order valence-corrected chi connectivity index (χ0v) is 27.1. The minimum absolute atomic E-state index is 0.0907. The second-order valence-corrected chi connectivity index (χ2v) is 12.6. The van der Waals surface area contributed by atoms with Gasteiger partial charge in [0.05, 0.1) is 13.3 Å². The first-order valence-corrected chi connectivity index (χ1v) is 16.6. The number of hydrogen-bond donors (Lipinski definition) is 1. The van der Waals surface area contributed by atoms with Gasteiger partial charge in [0.25, 0.3) is 5.91 Å². The smallest absolute Gasteiger partial charge is 0.274 e. The fourth-order valence-electron chi connectivity index (χ4n) is 6.35. The molecule has 1 atom stereocenters. The largest absolute Gasteiger partial charge is 0.489 e. The van der Waals surface area contributed by atoms with Crippen LogP contribution in [0.3, 0.4) is 0 Å². The highest BCUT2D eigenvalue weighted by Gasteiger charge is 2.25. The Morgan fingerprint density at radius 1 is 0.935 bits per heavy atom. The van der Waals surface area contributed by atoms with E-state index in [0.29, 0.717) is 22.0 Å². The highest BCUT2D eigenvalue weighted by Crippen LogP contribution is 2.42. The third kappa shape index (κ3) is 7.81. The molecule has 1 saturated heterocycles. The lowest BCUT2D eigenvalue weighted by Crippen LogP contribution is -2.26. The van der Waals surface area contributed by atoms with Crippen LogP contribution in [0.1, 0.15) is 63.9 Å². The molecule has 1 fully saturated rings. The molecule has 8 heteroatoms. The summed E-state index contributed by atoms with van der Waals surface area (Å²) in [5.74, 6) is 0.523. The number of halogens is 3. The molecule has 1 aliphatic carbocycles. The number of allylic oxidation sites excluding steroid dienone is 1. The maximum Gasteiger partial charge on any atom is 0.274 e. The zero-order chi connectivity index (χ0) is 31.9. The number of carbonyl (C=O) groups is 1. The van der Waals surface area contributed by atoms with Crippen molar-refractivity contribution in [1.82, 2.24) is 10.4 Å². The Morgan fingerprint density at radius 2 is 1.74 bits per heavy atom. The number of benzene rings is 4. The van der Waals surface area contributed by atoms with Gasteiger partial charge in [-0.15, -0.1) is 0 Å². The Labute approximate surface area is 279 Å². The quantitative estimate of drug-likeness (QED) is 0.163. The average molecular weight is 660 g/mol. The first-order valence-electron chi connectivity index (χ1n) is 15.8. The number of hydrogen-bond acceptors (Lipinski definition) is 4. The first kappa shape index (κ1) is 32.3. The van der Waals surface area contributed by atoms with Crippen LogP contribution in [-0.4, -0.2) is 43.2 Å². The molecule has 0 bridgehead atoms. The molecule has 1 aliphatic heterocycles. The molecule has 1 unspecified atom stereocenters. The molecule has 2 aliphatic rings. The van der Waals surface area contributed by atoms with Gasteiger partial charge in [-0.3, -0.25) is 18.9 Å². The number of aryl methyl sites for hydroxylation is 1. The van der Waals surface area contributed by atoms with Gasteiger partial charge in [-0.2, -0.15) is 0 Å². The summed E-state index contributed by atoms with van der Waals surface area (Å²) >= 11 is 13.1. The third-order valence-electron chi connectivity index (χ3n) is 8.60. The SMILES string of the molecule is O=C(NOCc1ccccc1)c1ccc2c(c1)CCCC(c1ccc(Cl)cc1Cl)=C2c1ccc(OC2CCN(CCCF)C2)cc1. The molecular formula is C38H37Cl2FN2O3. The highest BCUT2D eigenvalue weighted by atomic mass is 35.5. The normalized spacial score (nSPS) is 16.6. The molecule has 4 aromatic carbocycles. The first-order chi connectivity index (χ1) is 22.5. The molecule has 46 heavy (non-hydrogen) atoms. The van der Waals surface area contributed by atoms with Gasteiger partial charge in [0.15, 0.2) is 0 Å². The van der Waals surface area contributed by atoms with Crippen LogP contribution in [0, 0.1) is 0 Å². The number of fused-ring (bicyclic) bond motifs is 1. The van der Waals surface area contributed by atoms with Gasteiger partial charge < -0.3 is 4.74 Å². The number of rotatable bonds is 11. The highest BCUT2D eigenvalue weighted by molar-refractivity contribution is 6.36. The Bertz CT molecular complexity index is 1690. The van der Waals surface area contributed by atoms with Crippen LogP contribution in [0.25, 0.3) is 11.1 Å². The van der Waals surface area contributed by atoms with Gasteiger partial charge in [0.2, 0.25) is 0 Å². The number of alkyl halides is 1. The van der Waals surface area contributed by atoms with E-state index in [-0.39, 0.29) is 25.3 Å². The number of hydroxylamine groups is 1. The van der Waals surface area contributed by atoms with Gasteiger partial charge >= 0.3 is 0 Å². The predicted molar refractivity (Wildman–Crippen MR) is 183 cm³/mol. The summed E-state index contributed by atoms with van der Waals surface area (Å²) < 4.78 is 19.0. The van der Waals surface area contributed by atoms with E-state index in [0.717, 1.165) is 90.0 Å². The van der Waals surface area contributed by atoms with Crippen molar-refractivity contribution < 1.29 is 18.8 Å². The fourth-order valence-corrected chi connectivity index (χ4v) is 6.88. The van der Waals surface area contributed by atoms with Crippen molar-refractivity contribution in [3.63, 3.8) is 0 Å². The molecule has 238 valence electrons. The molecule has 1 heterocycles. The molecule has 1 N–H and O–H groups in total. The lowest BCUT2D eigenvalue weighted by Gasteiger charge is -2.19. The summed E-state index contributed by atoms with van der Waals surface area (Å²) in [5.41, 5.74) is 10.5. The maximum absolute atomic E-state index is 13.1. The predicted octanol–water partition coefficient (Wildman–Crippen LogP) is 8.96. The molecule has 4 aromatic rings. The molecule has 0 radical (unpaired) electrons. The summed E-state index contributed by atoms with van der Waals surface area (Å²) in [5, 5.41) is 1.19. The number of carbonyl (C=O) groups excluding carboxylic acids is 1. The van der Waals surface area contributed by atoms with Gasteiger partial charge in [0.1, 0.15) is 11.9 Å². The topological polar surface area (TPSA) is 50.8 Å². The van der Waals surface area contributed by atoms with Crippen LogP contribution in [0.2, 0.25) is 10.0 Å². The summed E-state index contributed by atoms with van der Waals surface area (Å²) in [6.07, 6.45) is 4.09. The van der Waals surface area contributed by atoms with Gasteiger partial charge in [0, 0.05) is 35.2 Å². The number of nitrogens with one attached hydrogen (secondary N) is 1. The summed E-state index contributed by atoms with van der Waals surface area (Å²) in [4.78, 5) is 20.8. The van der Waals surface area contributed by atoms with Crippen LogP contribution in [0.5, 0.6) is 5.75 Å². The number of nitrogens with zero attached hydrogens (tertiary/aromatic N) is 1. The lowest BCUT2D eigenvalue weighted by atomic mass is 9.87. The Hall–Kier alpha value is -3.68. The van der Waals surface area contributed by atoms with Crippen molar-refractivity contribution in [3.8, 4) is 5.75 Å². The van der Waals surface area contributed by atoms with Crippen LogP contribution in [0.4, 0.5) is 4.39 Å². The molecule has 6 rings (SSSR count). The molecule has 0 aromatic heterocycles. The Kier molecular flexibility index (Phi) is 10.7. The van der Waals surface area contributed by atoms with Crippen molar-refractivity contribution >= 4 is 40.3 Å². The van der Waals surface area contributed by atoms with E-state index >= 15 is 0 Å². The molecular weight excluding hydrogens is 622 g/mol. The van der Waals surface area contributed by atoms with Gasteiger partial charge in [-0.05, 0) is 107 Å². The summed E-state index contributed by atoms with van der Waals surface area (Å²) in [6.45, 7) is 2.50. The third-order valence-corrected chi connectivity index (χ3v) is 9.14. The second-order valence-electron chi connectivity index (χ2n) is 11.8. The van der Waals surface area contributed by atoms with Crippen molar-refractivity contribution in [2.45, 2.75) is 44.8 Å². The number of ether oxygens (including phenoxy) is 1. The van der Waals surface area contributed by atoms with E-state index in [1.54, 1.807) is 6.07 Å². The second kappa shape index (κ2) is 15.3. The van der Waals surface area contributed by atoms with Gasteiger partial charge in [-0.25, -0.2) is 5.48 Å². The Balaban J connectivity index is 1.28. The number of likely N-dealkylation sites (tertiary alicyclic amines) is 1. The number of amides is 1.